The van der Waals surface area contributed by atoms with Crippen LogP contribution in [0.5, 0.6) is 11.6 Å². The Morgan fingerprint density at radius 2 is 1.90 bits per heavy atom. The average molecular weight is 321 g/mol. The highest BCUT2D eigenvalue weighted by molar-refractivity contribution is 7.98. The molecule has 0 radical (unpaired) electrons. The number of benzene rings is 1. The molecule has 0 aliphatic heterocycles. The zero-order chi connectivity index (χ0) is 14.8. The second-order valence-electron chi connectivity index (χ2n) is 3.60. The van der Waals surface area contributed by atoms with Crippen molar-refractivity contribution in [3.63, 3.8) is 0 Å². The fourth-order valence-corrected chi connectivity index (χ4v) is 2.09. The number of aromatic nitrogens is 2. The predicted octanol–water partition coefficient (Wildman–Crippen LogP) is 4.66. The van der Waals surface area contributed by atoms with E-state index in [0.717, 1.165) is 11.0 Å². The van der Waals surface area contributed by atoms with Gasteiger partial charge in [-0.2, -0.15) is 18.2 Å². The van der Waals surface area contributed by atoms with E-state index in [1.165, 1.54) is 11.8 Å². The molecule has 0 bridgehead atoms. The fraction of sp³-hybridized carbons (Fsp3) is 0.167. The van der Waals surface area contributed by atoms with E-state index in [4.69, 9.17) is 16.3 Å². The maximum Gasteiger partial charge on any atom is 0.451 e. The van der Waals surface area contributed by atoms with Crippen molar-refractivity contribution in [1.29, 1.82) is 0 Å². The van der Waals surface area contributed by atoms with Crippen molar-refractivity contribution in [3.8, 4) is 11.6 Å². The van der Waals surface area contributed by atoms with E-state index < -0.39 is 12.0 Å². The Labute approximate surface area is 122 Å². The minimum absolute atomic E-state index is 0.251. The van der Waals surface area contributed by atoms with Gasteiger partial charge in [-0.1, -0.05) is 23.7 Å². The van der Waals surface area contributed by atoms with Crippen molar-refractivity contribution < 1.29 is 17.9 Å². The van der Waals surface area contributed by atoms with Crippen LogP contribution in [0.25, 0.3) is 0 Å². The fourth-order valence-electron chi connectivity index (χ4n) is 1.39. The smallest absolute Gasteiger partial charge is 0.438 e. The first kappa shape index (κ1) is 14.9. The van der Waals surface area contributed by atoms with Crippen molar-refractivity contribution in [2.75, 3.05) is 6.26 Å². The predicted molar refractivity (Wildman–Crippen MR) is 70.3 cm³/mol. The summed E-state index contributed by atoms with van der Waals surface area (Å²) >= 11 is 6.96. The second-order valence-corrected chi connectivity index (χ2v) is 4.84. The number of ether oxygens (including phenoxy) is 1. The van der Waals surface area contributed by atoms with Crippen LogP contribution in [0.2, 0.25) is 5.15 Å². The van der Waals surface area contributed by atoms with E-state index in [1.54, 1.807) is 24.3 Å². The summed E-state index contributed by atoms with van der Waals surface area (Å²) in [5.74, 6) is -1.18. The Bertz CT molecular complexity index is 622. The Balaban J connectivity index is 2.36. The van der Waals surface area contributed by atoms with Crippen LogP contribution in [0.15, 0.2) is 35.2 Å². The van der Waals surface area contributed by atoms with E-state index >= 15 is 0 Å². The molecule has 0 fully saturated rings. The zero-order valence-electron chi connectivity index (χ0n) is 10.1. The number of alkyl halides is 3. The summed E-state index contributed by atoms with van der Waals surface area (Å²) < 4.78 is 43.1. The summed E-state index contributed by atoms with van der Waals surface area (Å²) in [7, 11) is 0. The Morgan fingerprint density at radius 3 is 2.55 bits per heavy atom. The minimum atomic E-state index is -4.68. The highest BCUT2D eigenvalue weighted by Crippen LogP contribution is 2.33. The van der Waals surface area contributed by atoms with Crippen molar-refractivity contribution >= 4 is 23.4 Å². The molecule has 8 heteroatoms. The van der Waals surface area contributed by atoms with Crippen LogP contribution in [-0.2, 0) is 6.18 Å². The molecule has 0 spiro atoms. The largest absolute Gasteiger partial charge is 0.451 e. The summed E-state index contributed by atoms with van der Waals surface area (Å²) in [5.41, 5.74) is 0. The number of thioether (sulfide) groups is 1. The lowest BCUT2D eigenvalue weighted by Gasteiger charge is -2.10. The van der Waals surface area contributed by atoms with Gasteiger partial charge in [-0.15, -0.1) is 11.8 Å². The summed E-state index contributed by atoms with van der Waals surface area (Å²) in [5, 5.41) is -0.330. The lowest BCUT2D eigenvalue weighted by Crippen LogP contribution is -2.11. The number of para-hydroxylation sites is 1. The van der Waals surface area contributed by atoms with Gasteiger partial charge in [0, 0.05) is 11.0 Å². The van der Waals surface area contributed by atoms with Crippen LogP contribution in [0.4, 0.5) is 13.2 Å². The van der Waals surface area contributed by atoms with Crippen molar-refractivity contribution in [1.82, 2.24) is 9.97 Å². The molecule has 3 nitrogen and oxygen atoms in total. The highest BCUT2D eigenvalue weighted by atomic mass is 35.5. The van der Waals surface area contributed by atoms with Crippen LogP contribution in [-0.4, -0.2) is 16.2 Å². The van der Waals surface area contributed by atoms with Crippen LogP contribution in [0.1, 0.15) is 5.82 Å². The first-order valence-corrected chi connectivity index (χ1v) is 6.93. The highest BCUT2D eigenvalue weighted by Gasteiger charge is 2.35. The third kappa shape index (κ3) is 3.55. The van der Waals surface area contributed by atoms with Gasteiger partial charge in [-0.05, 0) is 18.4 Å². The van der Waals surface area contributed by atoms with Crippen molar-refractivity contribution in [2.24, 2.45) is 0 Å². The summed E-state index contributed by atoms with van der Waals surface area (Å²) in [6, 6.07) is 8.06. The van der Waals surface area contributed by atoms with Crippen LogP contribution >= 0.6 is 23.4 Å². The maximum absolute atomic E-state index is 12.6. The Kier molecular flexibility index (Phi) is 4.39. The molecular weight excluding hydrogens is 313 g/mol. The third-order valence-electron chi connectivity index (χ3n) is 2.21. The lowest BCUT2D eigenvalue weighted by atomic mass is 10.3. The molecular formula is C12H8ClF3N2OS. The molecule has 106 valence electrons. The molecule has 0 saturated carbocycles. The van der Waals surface area contributed by atoms with Crippen molar-refractivity contribution in [2.45, 2.75) is 11.1 Å². The van der Waals surface area contributed by atoms with E-state index in [2.05, 4.69) is 9.97 Å². The molecule has 0 unspecified atom stereocenters. The topological polar surface area (TPSA) is 35.0 Å². The number of halogens is 4. The van der Waals surface area contributed by atoms with Crippen LogP contribution < -0.4 is 4.74 Å². The van der Waals surface area contributed by atoms with Crippen molar-refractivity contribution in [3.05, 3.63) is 41.3 Å². The number of hydrogen-bond donors (Lipinski definition) is 0. The van der Waals surface area contributed by atoms with Gasteiger partial charge in [0.1, 0.15) is 10.9 Å². The monoisotopic (exact) mass is 320 g/mol. The summed E-state index contributed by atoms with van der Waals surface area (Å²) in [6.07, 6.45) is -2.85. The van der Waals surface area contributed by atoms with Gasteiger partial charge in [0.05, 0.1) is 0 Å². The zero-order valence-corrected chi connectivity index (χ0v) is 11.7. The first-order valence-electron chi connectivity index (χ1n) is 5.33. The number of rotatable bonds is 3. The van der Waals surface area contributed by atoms with E-state index in [1.807, 2.05) is 6.26 Å². The Hall–Kier alpha value is -1.47. The molecule has 1 aromatic carbocycles. The molecule has 0 amide bonds. The minimum Gasteiger partial charge on any atom is -0.438 e. The van der Waals surface area contributed by atoms with Gasteiger partial charge < -0.3 is 4.74 Å². The van der Waals surface area contributed by atoms with E-state index in [0.29, 0.717) is 5.75 Å². The van der Waals surface area contributed by atoms with Gasteiger partial charge in [0.15, 0.2) is 0 Å². The molecule has 1 aromatic heterocycles. The number of hydrogen-bond acceptors (Lipinski definition) is 4. The van der Waals surface area contributed by atoms with Gasteiger partial charge in [-0.3, -0.25) is 0 Å². The standard InChI is InChI=1S/C12H8ClF3N2OS/c1-20-8-5-3-2-4-7(8)19-10-6-9(13)17-11(18-10)12(14,15)16/h2-6H,1H3. The second kappa shape index (κ2) is 5.88. The SMILES string of the molecule is CSc1ccccc1Oc1cc(Cl)nc(C(F)(F)F)n1. The normalized spacial score (nSPS) is 11.4. The summed E-state index contributed by atoms with van der Waals surface area (Å²) in [4.78, 5) is 7.23. The number of nitrogens with zero attached hydrogens (tertiary/aromatic N) is 2. The molecule has 0 saturated heterocycles. The van der Waals surface area contributed by atoms with Gasteiger partial charge >= 0.3 is 6.18 Å². The van der Waals surface area contributed by atoms with Crippen LogP contribution in [0.3, 0.4) is 0 Å². The Morgan fingerprint density at radius 1 is 1.20 bits per heavy atom. The lowest BCUT2D eigenvalue weighted by molar-refractivity contribution is -0.145. The molecule has 0 atom stereocenters. The average Bonchev–Trinajstić information content (AvgIpc) is 2.37. The molecule has 2 aromatic rings. The van der Waals surface area contributed by atoms with Gasteiger partial charge in [0.25, 0.3) is 0 Å². The molecule has 1 heterocycles. The molecule has 2 rings (SSSR count). The molecule has 0 aliphatic carbocycles. The van der Waals surface area contributed by atoms with E-state index in [9.17, 15) is 13.2 Å². The quantitative estimate of drug-likeness (QED) is 0.608. The van der Waals surface area contributed by atoms with Gasteiger partial charge in [0.2, 0.25) is 11.7 Å². The molecule has 0 aliphatic rings. The maximum atomic E-state index is 12.6. The summed E-state index contributed by atoms with van der Waals surface area (Å²) in [6.45, 7) is 0. The molecule has 20 heavy (non-hydrogen) atoms. The molecule has 0 N–H and O–H groups in total. The van der Waals surface area contributed by atoms with Gasteiger partial charge in [-0.25, -0.2) is 4.98 Å². The van der Waals surface area contributed by atoms with E-state index in [-0.39, 0.29) is 11.0 Å². The van der Waals surface area contributed by atoms with Crippen LogP contribution in [0, 0.1) is 0 Å². The first-order chi connectivity index (χ1) is 9.40. The third-order valence-corrected chi connectivity index (χ3v) is 3.18.